The largest absolute Gasteiger partial charge is 0.342 e. The van der Waals surface area contributed by atoms with Crippen molar-refractivity contribution in [2.45, 2.75) is 30.7 Å². The van der Waals surface area contributed by atoms with E-state index in [-0.39, 0.29) is 5.91 Å². The van der Waals surface area contributed by atoms with Crippen LogP contribution in [0.25, 0.3) is 21.3 Å². The van der Waals surface area contributed by atoms with E-state index in [0.717, 1.165) is 52.3 Å². The lowest BCUT2D eigenvalue weighted by Gasteiger charge is -2.19. The van der Waals surface area contributed by atoms with Crippen LogP contribution >= 0.6 is 23.1 Å². The molecule has 3 aromatic rings. The molecule has 2 aromatic heterocycles. The highest BCUT2D eigenvalue weighted by Gasteiger charge is 2.18. The first-order valence-corrected chi connectivity index (χ1v) is 10.9. The van der Waals surface area contributed by atoms with Crippen molar-refractivity contribution in [3.63, 3.8) is 0 Å². The fourth-order valence-electron chi connectivity index (χ4n) is 3.33. The summed E-state index contributed by atoms with van der Waals surface area (Å²) in [5.41, 5.74) is 2.31. The first-order chi connectivity index (χ1) is 12.8. The number of carbonyl (C=O) groups excluding carboxylic acids is 1. The molecule has 0 aliphatic carbocycles. The monoisotopic (exact) mass is 383 g/mol. The van der Waals surface area contributed by atoms with Crippen molar-refractivity contribution in [3.8, 4) is 11.1 Å². The van der Waals surface area contributed by atoms with Gasteiger partial charge < -0.3 is 4.90 Å². The number of amides is 1. The van der Waals surface area contributed by atoms with Crippen LogP contribution in [0.1, 0.15) is 25.7 Å². The molecular formula is C20H21N3OS2. The van der Waals surface area contributed by atoms with Gasteiger partial charge in [-0.1, -0.05) is 54.9 Å². The summed E-state index contributed by atoms with van der Waals surface area (Å²) in [5.74, 6) is 0.663. The van der Waals surface area contributed by atoms with E-state index in [4.69, 9.17) is 0 Å². The molecule has 0 N–H and O–H groups in total. The van der Waals surface area contributed by atoms with E-state index in [0.29, 0.717) is 5.75 Å². The zero-order valence-electron chi connectivity index (χ0n) is 14.6. The molecule has 0 radical (unpaired) electrons. The van der Waals surface area contributed by atoms with Crippen LogP contribution in [0.3, 0.4) is 0 Å². The lowest BCUT2D eigenvalue weighted by molar-refractivity contribution is -0.128. The van der Waals surface area contributed by atoms with E-state index >= 15 is 0 Å². The summed E-state index contributed by atoms with van der Waals surface area (Å²) in [5, 5.41) is 4.10. The minimum Gasteiger partial charge on any atom is -0.342 e. The smallest absolute Gasteiger partial charge is 0.232 e. The standard InChI is InChI=1S/C20H21N3OS2/c24-17(23-10-6-1-2-7-11-23)13-26-20-18-16(15-8-4-3-5-9-15)12-25-19(18)21-14-22-20/h3-5,8-9,12,14H,1-2,6-7,10-11,13H2. The van der Waals surface area contributed by atoms with E-state index < -0.39 is 0 Å². The van der Waals surface area contributed by atoms with Crippen LogP contribution in [0.2, 0.25) is 0 Å². The molecule has 1 aromatic carbocycles. The molecule has 0 saturated carbocycles. The van der Waals surface area contributed by atoms with Gasteiger partial charge in [-0.2, -0.15) is 0 Å². The third-order valence-corrected chi connectivity index (χ3v) is 6.57. The number of likely N-dealkylation sites (tertiary alicyclic amines) is 1. The van der Waals surface area contributed by atoms with E-state index in [2.05, 4.69) is 27.5 Å². The number of hydrogen-bond acceptors (Lipinski definition) is 5. The van der Waals surface area contributed by atoms with Crippen molar-refractivity contribution in [1.82, 2.24) is 14.9 Å². The highest BCUT2D eigenvalue weighted by Crippen LogP contribution is 2.37. The Morgan fingerprint density at radius 2 is 1.85 bits per heavy atom. The summed E-state index contributed by atoms with van der Waals surface area (Å²) in [4.78, 5) is 24.5. The van der Waals surface area contributed by atoms with Crippen LogP contribution in [0, 0.1) is 0 Å². The molecule has 0 spiro atoms. The van der Waals surface area contributed by atoms with Gasteiger partial charge in [0.25, 0.3) is 0 Å². The molecule has 26 heavy (non-hydrogen) atoms. The second-order valence-electron chi connectivity index (χ2n) is 6.46. The Balaban J connectivity index is 1.57. The summed E-state index contributed by atoms with van der Waals surface area (Å²) in [7, 11) is 0. The molecule has 0 bridgehead atoms. The number of carbonyl (C=O) groups is 1. The maximum Gasteiger partial charge on any atom is 0.232 e. The number of aromatic nitrogens is 2. The molecule has 1 fully saturated rings. The molecule has 1 saturated heterocycles. The number of thioether (sulfide) groups is 1. The van der Waals surface area contributed by atoms with Gasteiger partial charge in [-0.15, -0.1) is 11.3 Å². The maximum atomic E-state index is 12.6. The van der Waals surface area contributed by atoms with Crippen LogP contribution in [-0.4, -0.2) is 39.6 Å². The van der Waals surface area contributed by atoms with E-state index in [1.807, 2.05) is 23.1 Å². The van der Waals surface area contributed by atoms with Crippen molar-refractivity contribution in [2.75, 3.05) is 18.8 Å². The van der Waals surface area contributed by atoms with Crippen LogP contribution in [0.5, 0.6) is 0 Å². The fourth-order valence-corrected chi connectivity index (χ4v) is 5.22. The predicted molar refractivity (Wildman–Crippen MR) is 109 cm³/mol. The van der Waals surface area contributed by atoms with E-state index in [1.54, 1.807) is 17.7 Å². The molecule has 3 heterocycles. The van der Waals surface area contributed by atoms with Gasteiger partial charge in [0.1, 0.15) is 16.2 Å². The second-order valence-corrected chi connectivity index (χ2v) is 8.28. The van der Waals surface area contributed by atoms with Gasteiger partial charge in [0.15, 0.2) is 0 Å². The second kappa shape index (κ2) is 8.18. The maximum absolute atomic E-state index is 12.6. The summed E-state index contributed by atoms with van der Waals surface area (Å²) in [6.45, 7) is 1.79. The Morgan fingerprint density at radius 3 is 2.62 bits per heavy atom. The Bertz CT molecular complexity index is 886. The van der Waals surface area contributed by atoms with Gasteiger partial charge in [-0.25, -0.2) is 9.97 Å². The van der Waals surface area contributed by atoms with Gasteiger partial charge in [0, 0.05) is 24.0 Å². The Labute approximate surface area is 161 Å². The molecular weight excluding hydrogens is 362 g/mol. The third-order valence-electron chi connectivity index (χ3n) is 4.71. The molecule has 0 atom stereocenters. The minimum absolute atomic E-state index is 0.222. The highest BCUT2D eigenvalue weighted by molar-refractivity contribution is 8.00. The van der Waals surface area contributed by atoms with Crippen molar-refractivity contribution < 1.29 is 4.79 Å². The lowest BCUT2D eigenvalue weighted by atomic mass is 10.1. The Hall–Kier alpha value is -1.92. The molecule has 1 aliphatic heterocycles. The minimum atomic E-state index is 0.222. The molecule has 1 amide bonds. The summed E-state index contributed by atoms with van der Waals surface area (Å²) in [6.07, 6.45) is 6.32. The first-order valence-electron chi connectivity index (χ1n) is 9.01. The quantitative estimate of drug-likeness (QED) is 0.477. The molecule has 0 unspecified atom stereocenters. The third kappa shape index (κ3) is 3.76. The normalized spacial score (nSPS) is 15.2. The predicted octanol–water partition coefficient (Wildman–Crippen LogP) is 4.85. The first kappa shape index (κ1) is 17.5. The lowest BCUT2D eigenvalue weighted by Crippen LogP contribution is -2.33. The van der Waals surface area contributed by atoms with Crippen LogP contribution in [0.15, 0.2) is 47.1 Å². The van der Waals surface area contributed by atoms with Gasteiger partial charge in [0.05, 0.1) is 11.1 Å². The highest BCUT2D eigenvalue weighted by atomic mass is 32.2. The van der Waals surface area contributed by atoms with E-state index in [1.165, 1.54) is 24.6 Å². The van der Waals surface area contributed by atoms with Crippen molar-refractivity contribution >= 4 is 39.2 Å². The summed E-state index contributed by atoms with van der Waals surface area (Å²) in [6, 6.07) is 10.3. The van der Waals surface area contributed by atoms with E-state index in [9.17, 15) is 4.79 Å². The number of thiophene rings is 1. The zero-order chi connectivity index (χ0) is 17.8. The fraction of sp³-hybridized carbons (Fsp3) is 0.350. The number of hydrogen-bond donors (Lipinski definition) is 0. The summed E-state index contributed by atoms with van der Waals surface area (Å²) < 4.78 is 0. The summed E-state index contributed by atoms with van der Waals surface area (Å²) >= 11 is 3.16. The average Bonchev–Trinajstić information content (AvgIpc) is 2.93. The van der Waals surface area contributed by atoms with Crippen molar-refractivity contribution in [2.24, 2.45) is 0 Å². The topological polar surface area (TPSA) is 46.1 Å². The molecule has 4 nitrogen and oxygen atoms in total. The van der Waals surface area contributed by atoms with Gasteiger partial charge >= 0.3 is 0 Å². The zero-order valence-corrected chi connectivity index (χ0v) is 16.2. The number of benzene rings is 1. The molecule has 1 aliphatic rings. The van der Waals surface area contributed by atoms with Crippen LogP contribution in [0.4, 0.5) is 0 Å². The average molecular weight is 384 g/mol. The number of nitrogens with zero attached hydrogens (tertiary/aromatic N) is 3. The Morgan fingerprint density at radius 1 is 1.08 bits per heavy atom. The van der Waals surface area contributed by atoms with Gasteiger partial charge in [-0.3, -0.25) is 4.79 Å². The van der Waals surface area contributed by atoms with Crippen molar-refractivity contribution in [1.29, 1.82) is 0 Å². The molecule has 6 heteroatoms. The van der Waals surface area contributed by atoms with Crippen molar-refractivity contribution in [3.05, 3.63) is 42.0 Å². The Kier molecular flexibility index (Phi) is 5.51. The van der Waals surface area contributed by atoms with Gasteiger partial charge in [0.2, 0.25) is 5.91 Å². The van der Waals surface area contributed by atoms with Crippen LogP contribution in [-0.2, 0) is 4.79 Å². The molecule has 4 rings (SSSR count). The van der Waals surface area contributed by atoms with Gasteiger partial charge in [-0.05, 0) is 18.4 Å². The molecule has 134 valence electrons. The number of fused-ring (bicyclic) bond motifs is 1. The van der Waals surface area contributed by atoms with Crippen LogP contribution < -0.4 is 0 Å². The number of rotatable bonds is 4. The SMILES string of the molecule is O=C(CSc1ncnc2scc(-c3ccccc3)c12)N1CCCCCC1.